The van der Waals surface area contributed by atoms with E-state index >= 15 is 0 Å². The lowest BCUT2D eigenvalue weighted by Crippen LogP contribution is -2.32. The third-order valence-electron chi connectivity index (χ3n) is 2.46. The number of halogens is 1. The lowest BCUT2D eigenvalue weighted by molar-refractivity contribution is -0.124. The molecule has 0 aliphatic carbocycles. The molecule has 1 aliphatic heterocycles. The summed E-state index contributed by atoms with van der Waals surface area (Å²) >= 11 is 5.86. The molecule has 2 heterocycles. The molecule has 1 aromatic rings. The molecule has 96 valence electrons. The van der Waals surface area contributed by atoms with Crippen LogP contribution in [-0.4, -0.2) is 46.4 Å². The molecule has 2 N–H and O–H groups in total. The number of aromatic nitrogens is 2. The zero-order valence-corrected chi connectivity index (χ0v) is 10.3. The van der Waals surface area contributed by atoms with E-state index in [-0.39, 0.29) is 18.5 Å². The predicted octanol–water partition coefficient (Wildman–Crippen LogP) is 0.484. The average molecular weight is 270 g/mol. The molecule has 7 nitrogen and oxygen atoms in total. The number of carbonyl (C=O) groups is 2. The van der Waals surface area contributed by atoms with Crippen LogP contribution < -0.4 is 10.6 Å². The third kappa shape index (κ3) is 2.86. The van der Waals surface area contributed by atoms with Gasteiger partial charge in [0.1, 0.15) is 17.2 Å². The quantitative estimate of drug-likeness (QED) is 0.600. The van der Waals surface area contributed by atoms with Crippen LogP contribution in [0.4, 0.5) is 10.6 Å². The van der Waals surface area contributed by atoms with Crippen molar-refractivity contribution >= 4 is 29.4 Å². The molecule has 3 amide bonds. The van der Waals surface area contributed by atoms with Crippen molar-refractivity contribution in [3.63, 3.8) is 0 Å². The summed E-state index contributed by atoms with van der Waals surface area (Å²) in [5.74, 6) is 0.351. The molecule has 18 heavy (non-hydrogen) atoms. The fraction of sp³-hybridized carbons (Fsp3) is 0.400. The maximum atomic E-state index is 11.3. The van der Waals surface area contributed by atoms with Gasteiger partial charge in [-0.2, -0.15) is 0 Å². The first kappa shape index (κ1) is 12.6. The molecule has 0 aromatic carbocycles. The molecule has 0 radical (unpaired) electrons. The van der Waals surface area contributed by atoms with Crippen LogP contribution in [0.25, 0.3) is 0 Å². The van der Waals surface area contributed by atoms with Gasteiger partial charge >= 0.3 is 6.03 Å². The summed E-state index contributed by atoms with van der Waals surface area (Å²) in [5, 5.41) is 5.91. The number of amides is 3. The summed E-state index contributed by atoms with van der Waals surface area (Å²) in [7, 11) is 0. The topological polar surface area (TPSA) is 87.2 Å². The van der Waals surface area contributed by atoms with Crippen LogP contribution >= 0.6 is 11.6 Å². The molecule has 0 atom stereocenters. The number of rotatable bonds is 5. The summed E-state index contributed by atoms with van der Waals surface area (Å²) in [4.78, 5) is 31.4. The molecule has 0 spiro atoms. The van der Waals surface area contributed by atoms with Crippen LogP contribution in [0.3, 0.4) is 0 Å². The highest BCUT2D eigenvalue weighted by molar-refractivity contribution is 6.32. The molecule has 1 fully saturated rings. The summed E-state index contributed by atoms with van der Waals surface area (Å²) < 4.78 is 0. The minimum Gasteiger partial charge on any atom is -0.369 e. The number of anilines is 1. The van der Waals surface area contributed by atoms with Crippen molar-refractivity contribution in [1.29, 1.82) is 0 Å². The van der Waals surface area contributed by atoms with Crippen LogP contribution in [0.2, 0.25) is 5.02 Å². The highest BCUT2D eigenvalue weighted by Crippen LogP contribution is 2.15. The van der Waals surface area contributed by atoms with E-state index in [0.29, 0.717) is 30.4 Å². The maximum Gasteiger partial charge on any atom is 0.324 e. The first-order valence-corrected chi connectivity index (χ1v) is 5.84. The molecular weight excluding hydrogens is 258 g/mol. The van der Waals surface area contributed by atoms with Crippen LogP contribution in [0.5, 0.6) is 0 Å². The van der Waals surface area contributed by atoms with Gasteiger partial charge in [-0.1, -0.05) is 11.6 Å². The second-order valence-electron chi connectivity index (χ2n) is 3.70. The first-order valence-electron chi connectivity index (χ1n) is 5.46. The van der Waals surface area contributed by atoms with E-state index in [9.17, 15) is 9.59 Å². The maximum absolute atomic E-state index is 11.3. The van der Waals surface area contributed by atoms with Gasteiger partial charge in [0, 0.05) is 13.1 Å². The Morgan fingerprint density at radius 2 is 2.33 bits per heavy atom. The molecule has 1 aliphatic rings. The minimum absolute atomic E-state index is 0.0873. The van der Waals surface area contributed by atoms with Crippen molar-refractivity contribution in [2.24, 2.45) is 0 Å². The number of urea groups is 1. The Hall–Kier alpha value is -1.89. The monoisotopic (exact) mass is 269 g/mol. The lowest BCUT2D eigenvalue weighted by Gasteiger charge is -2.12. The Balaban J connectivity index is 1.75. The Bertz CT molecular complexity index is 451. The van der Waals surface area contributed by atoms with E-state index in [1.807, 2.05) is 0 Å². The van der Waals surface area contributed by atoms with Gasteiger partial charge in [-0.25, -0.2) is 14.8 Å². The summed E-state index contributed by atoms with van der Waals surface area (Å²) in [6.45, 7) is 1.03. The van der Waals surface area contributed by atoms with Crippen LogP contribution in [0.15, 0.2) is 12.5 Å². The molecule has 2 rings (SSSR count). The number of nitrogens with zero attached hydrogens (tertiary/aromatic N) is 3. The van der Waals surface area contributed by atoms with E-state index in [0.717, 1.165) is 0 Å². The van der Waals surface area contributed by atoms with E-state index in [4.69, 9.17) is 11.6 Å². The van der Waals surface area contributed by atoms with Gasteiger partial charge in [-0.05, 0) is 6.42 Å². The number of hydrogen-bond donors (Lipinski definition) is 2. The number of hydrogen-bond acceptors (Lipinski definition) is 5. The molecule has 0 unspecified atom stereocenters. The van der Waals surface area contributed by atoms with Gasteiger partial charge in [0.05, 0.1) is 12.7 Å². The van der Waals surface area contributed by atoms with Crippen molar-refractivity contribution in [3.8, 4) is 0 Å². The summed E-state index contributed by atoms with van der Waals surface area (Å²) in [6, 6.07) is -0.333. The number of imide groups is 1. The standard InChI is InChI=1S/C10H12ClN5O2/c11-7-4-12-6-15-9(7)13-2-1-3-16-8(17)5-14-10(16)18/h4,6H,1-3,5H2,(H,14,18)(H,12,13,15). The zero-order chi connectivity index (χ0) is 13.0. The molecule has 8 heteroatoms. The summed E-state index contributed by atoms with van der Waals surface area (Å²) in [6.07, 6.45) is 3.51. The van der Waals surface area contributed by atoms with E-state index in [1.54, 1.807) is 0 Å². The average Bonchev–Trinajstić information content (AvgIpc) is 2.67. The van der Waals surface area contributed by atoms with E-state index < -0.39 is 0 Å². The van der Waals surface area contributed by atoms with Crippen molar-refractivity contribution < 1.29 is 9.59 Å². The molecule has 1 saturated heterocycles. The SMILES string of the molecule is O=C1CNC(=O)N1CCCNc1ncncc1Cl. The van der Waals surface area contributed by atoms with E-state index in [1.165, 1.54) is 17.4 Å². The number of carbonyl (C=O) groups excluding carboxylic acids is 2. The van der Waals surface area contributed by atoms with E-state index in [2.05, 4.69) is 20.6 Å². The minimum atomic E-state index is -0.333. The van der Waals surface area contributed by atoms with Crippen LogP contribution in [0.1, 0.15) is 6.42 Å². The molecular formula is C10H12ClN5O2. The fourth-order valence-corrected chi connectivity index (χ4v) is 1.74. The van der Waals surface area contributed by atoms with Gasteiger partial charge in [0.2, 0.25) is 5.91 Å². The fourth-order valence-electron chi connectivity index (χ4n) is 1.57. The Labute approximate surface area is 109 Å². The largest absolute Gasteiger partial charge is 0.369 e. The second-order valence-corrected chi connectivity index (χ2v) is 4.11. The third-order valence-corrected chi connectivity index (χ3v) is 2.73. The van der Waals surface area contributed by atoms with Crippen molar-refractivity contribution in [2.45, 2.75) is 6.42 Å². The highest BCUT2D eigenvalue weighted by Gasteiger charge is 2.27. The van der Waals surface area contributed by atoms with Crippen LogP contribution in [0, 0.1) is 0 Å². The Kier molecular flexibility index (Phi) is 3.93. The normalized spacial score (nSPS) is 14.8. The van der Waals surface area contributed by atoms with Crippen molar-refractivity contribution in [1.82, 2.24) is 20.2 Å². The van der Waals surface area contributed by atoms with Gasteiger partial charge < -0.3 is 10.6 Å². The highest BCUT2D eigenvalue weighted by atomic mass is 35.5. The van der Waals surface area contributed by atoms with Crippen molar-refractivity contribution in [2.75, 3.05) is 25.0 Å². The lowest BCUT2D eigenvalue weighted by atomic mass is 10.4. The van der Waals surface area contributed by atoms with Gasteiger partial charge in [0.25, 0.3) is 0 Å². The summed E-state index contributed by atoms with van der Waals surface area (Å²) in [5.41, 5.74) is 0. The van der Waals surface area contributed by atoms with Crippen LogP contribution in [-0.2, 0) is 4.79 Å². The number of nitrogens with one attached hydrogen (secondary N) is 2. The van der Waals surface area contributed by atoms with Crippen molar-refractivity contribution in [3.05, 3.63) is 17.5 Å². The molecule has 0 bridgehead atoms. The smallest absolute Gasteiger partial charge is 0.324 e. The molecule has 0 saturated carbocycles. The van der Waals surface area contributed by atoms with Gasteiger partial charge in [-0.3, -0.25) is 9.69 Å². The van der Waals surface area contributed by atoms with Gasteiger partial charge in [-0.15, -0.1) is 0 Å². The zero-order valence-electron chi connectivity index (χ0n) is 9.52. The Morgan fingerprint density at radius 3 is 3.00 bits per heavy atom. The Morgan fingerprint density at radius 1 is 1.50 bits per heavy atom. The first-order chi connectivity index (χ1) is 8.68. The van der Waals surface area contributed by atoms with Gasteiger partial charge in [0.15, 0.2) is 0 Å². The molecule has 1 aromatic heterocycles. The predicted molar refractivity (Wildman–Crippen MR) is 65.3 cm³/mol. The second kappa shape index (κ2) is 5.63.